The molecular formula is C38H32O4S2. The molecule has 4 aromatic carbocycles. The van der Waals surface area contributed by atoms with Gasteiger partial charge in [-0.3, -0.25) is 4.79 Å². The zero-order valence-corrected chi connectivity index (χ0v) is 26.5. The number of carbonyl (C=O) groups is 1. The number of aryl methyl sites for hydroxylation is 1. The molecule has 0 aliphatic heterocycles. The van der Waals surface area contributed by atoms with E-state index in [0.717, 1.165) is 42.4 Å². The molecule has 0 atom stereocenters. The van der Waals surface area contributed by atoms with E-state index in [1.807, 2.05) is 6.07 Å². The van der Waals surface area contributed by atoms with Crippen molar-refractivity contribution < 1.29 is 19.3 Å². The molecule has 0 aliphatic rings. The Kier molecular flexibility index (Phi) is 9.15. The fourth-order valence-corrected chi connectivity index (χ4v) is 7.34. The summed E-state index contributed by atoms with van der Waals surface area (Å²) in [6, 6.07) is 40.4. The molecule has 2 aromatic heterocycles. The smallest absolute Gasteiger partial charge is 0.310 e. The lowest BCUT2D eigenvalue weighted by Gasteiger charge is -2.15. The van der Waals surface area contributed by atoms with Crippen LogP contribution < -0.4 is 0 Å². The number of hydrogen-bond acceptors (Lipinski definition) is 6. The molecule has 0 fully saturated rings. The molecular weight excluding hydrogens is 585 g/mol. The molecule has 6 aromatic rings. The summed E-state index contributed by atoms with van der Waals surface area (Å²) < 4.78 is 5.10. The summed E-state index contributed by atoms with van der Waals surface area (Å²) in [5.74, 6) is -0.279. The van der Waals surface area contributed by atoms with E-state index < -0.39 is 0 Å². The average Bonchev–Trinajstić information content (AvgIpc) is 3.76. The zero-order chi connectivity index (χ0) is 30.5. The van der Waals surface area contributed by atoms with Crippen LogP contribution in [-0.2, 0) is 32.3 Å². The first-order valence-corrected chi connectivity index (χ1v) is 16.0. The maximum Gasteiger partial charge on any atom is 0.310 e. The standard InChI is InChI=1S/C38H32O4S2/c1-25-9-11-28(12-10-25)34-17-19-36(43-34)32-22-31(24-42-41-3)33(21-30(32)23-38(39)40-2)37-20-18-35(44-37)29-15-13-27(14-16-29)26-7-5-4-6-8-26/h4-22H,23-24H2,1-3H3. The Morgan fingerprint density at radius 1 is 0.591 bits per heavy atom. The molecule has 0 radical (unpaired) electrons. The first-order valence-electron chi connectivity index (χ1n) is 14.3. The fraction of sp³-hybridized carbons (Fsp3) is 0.132. The number of benzene rings is 4. The number of thiophene rings is 2. The Morgan fingerprint density at radius 3 is 1.68 bits per heavy atom. The van der Waals surface area contributed by atoms with Gasteiger partial charge in [-0.2, -0.15) is 0 Å². The van der Waals surface area contributed by atoms with Crippen LogP contribution in [0.15, 0.2) is 115 Å². The Hall–Kier alpha value is -4.33. The summed E-state index contributed by atoms with van der Waals surface area (Å²) in [5.41, 5.74) is 9.83. The number of ether oxygens (including phenoxy) is 1. The summed E-state index contributed by atoms with van der Waals surface area (Å²) in [6.07, 6.45) is 0.168. The van der Waals surface area contributed by atoms with E-state index in [0.29, 0.717) is 0 Å². The predicted molar refractivity (Wildman–Crippen MR) is 182 cm³/mol. The molecule has 2 heterocycles. The molecule has 0 amide bonds. The van der Waals surface area contributed by atoms with Crippen LogP contribution in [0.2, 0.25) is 0 Å². The molecule has 0 saturated carbocycles. The summed E-state index contributed by atoms with van der Waals surface area (Å²) >= 11 is 3.42. The van der Waals surface area contributed by atoms with Crippen molar-refractivity contribution in [3.8, 4) is 52.9 Å². The second-order valence-electron chi connectivity index (χ2n) is 10.5. The van der Waals surface area contributed by atoms with Gasteiger partial charge in [-0.1, -0.05) is 84.4 Å². The second-order valence-corrected chi connectivity index (χ2v) is 12.7. The first kappa shape index (κ1) is 29.7. The Balaban J connectivity index is 1.38. The molecule has 6 rings (SSSR count). The summed E-state index contributed by atoms with van der Waals surface area (Å²) in [6.45, 7) is 2.36. The van der Waals surface area contributed by atoms with E-state index in [4.69, 9.17) is 14.5 Å². The monoisotopic (exact) mass is 616 g/mol. The number of rotatable bonds is 10. The van der Waals surface area contributed by atoms with Crippen molar-refractivity contribution in [3.63, 3.8) is 0 Å². The molecule has 44 heavy (non-hydrogen) atoms. The summed E-state index contributed by atoms with van der Waals surface area (Å²) in [5, 5.41) is 0. The highest BCUT2D eigenvalue weighted by Crippen LogP contribution is 2.42. The van der Waals surface area contributed by atoms with Crippen molar-refractivity contribution in [2.24, 2.45) is 0 Å². The number of methoxy groups -OCH3 is 1. The highest BCUT2D eigenvalue weighted by atomic mass is 32.1. The molecule has 0 bridgehead atoms. The van der Waals surface area contributed by atoms with Gasteiger partial charge in [-0.15, -0.1) is 22.7 Å². The third-order valence-corrected chi connectivity index (χ3v) is 9.91. The predicted octanol–water partition coefficient (Wildman–Crippen LogP) is 10.2. The van der Waals surface area contributed by atoms with E-state index in [1.54, 1.807) is 22.7 Å². The van der Waals surface area contributed by atoms with E-state index in [2.05, 4.69) is 116 Å². The number of carbonyl (C=O) groups excluding carboxylic acids is 1. The molecule has 220 valence electrons. The van der Waals surface area contributed by atoms with Gasteiger partial charge < -0.3 is 4.74 Å². The maximum absolute atomic E-state index is 12.6. The van der Waals surface area contributed by atoms with Crippen molar-refractivity contribution in [2.45, 2.75) is 20.0 Å². The lowest BCUT2D eigenvalue weighted by Crippen LogP contribution is -2.07. The Morgan fingerprint density at radius 2 is 1.09 bits per heavy atom. The van der Waals surface area contributed by atoms with E-state index >= 15 is 0 Å². The lowest BCUT2D eigenvalue weighted by molar-refractivity contribution is -0.282. The Bertz CT molecular complexity index is 1870. The zero-order valence-electron chi connectivity index (χ0n) is 24.8. The third kappa shape index (κ3) is 6.59. The van der Waals surface area contributed by atoms with Crippen molar-refractivity contribution in [3.05, 3.63) is 132 Å². The maximum atomic E-state index is 12.6. The van der Waals surface area contributed by atoms with Crippen LogP contribution in [-0.4, -0.2) is 20.2 Å². The van der Waals surface area contributed by atoms with Crippen LogP contribution >= 0.6 is 22.7 Å². The normalized spacial score (nSPS) is 11.1. The minimum absolute atomic E-state index is 0.168. The van der Waals surface area contributed by atoms with Crippen molar-refractivity contribution in [1.29, 1.82) is 0 Å². The van der Waals surface area contributed by atoms with Crippen LogP contribution in [0.5, 0.6) is 0 Å². The minimum atomic E-state index is -0.279. The van der Waals surface area contributed by atoms with E-state index in [9.17, 15) is 4.79 Å². The highest BCUT2D eigenvalue weighted by Gasteiger charge is 2.19. The molecule has 4 nitrogen and oxygen atoms in total. The van der Waals surface area contributed by atoms with E-state index in [1.165, 1.54) is 41.4 Å². The van der Waals surface area contributed by atoms with Crippen molar-refractivity contribution >= 4 is 28.6 Å². The van der Waals surface area contributed by atoms with Crippen LogP contribution in [0, 0.1) is 6.92 Å². The van der Waals surface area contributed by atoms with Gasteiger partial charge in [0.25, 0.3) is 0 Å². The van der Waals surface area contributed by atoms with Gasteiger partial charge in [0.05, 0.1) is 20.6 Å². The van der Waals surface area contributed by atoms with Gasteiger partial charge in [0.1, 0.15) is 6.61 Å². The average molecular weight is 617 g/mol. The minimum Gasteiger partial charge on any atom is -0.469 e. The summed E-state index contributed by atoms with van der Waals surface area (Å²) in [7, 11) is 2.95. The van der Waals surface area contributed by atoms with Crippen molar-refractivity contribution in [1.82, 2.24) is 0 Å². The largest absolute Gasteiger partial charge is 0.469 e. The third-order valence-electron chi connectivity index (χ3n) is 7.58. The van der Waals surface area contributed by atoms with Crippen LogP contribution in [0.1, 0.15) is 16.7 Å². The lowest BCUT2D eigenvalue weighted by atomic mass is 9.95. The van der Waals surface area contributed by atoms with Gasteiger partial charge >= 0.3 is 5.97 Å². The van der Waals surface area contributed by atoms with Gasteiger partial charge in [-0.05, 0) is 87.8 Å². The quantitative estimate of drug-likeness (QED) is 0.0873. The van der Waals surface area contributed by atoms with Gasteiger partial charge in [0.2, 0.25) is 0 Å². The molecule has 0 aliphatic carbocycles. The van der Waals surface area contributed by atoms with Crippen molar-refractivity contribution in [2.75, 3.05) is 14.2 Å². The second kappa shape index (κ2) is 13.5. The van der Waals surface area contributed by atoms with Gasteiger partial charge in [0.15, 0.2) is 0 Å². The highest BCUT2D eigenvalue weighted by molar-refractivity contribution is 7.19. The number of hydrogen-bond donors (Lipinski definition) is 0. The van der Waals surface area contributed by atoms with E-state index in [-0.39, 0.29) is 19.0 Å². The molecule has 6 heteroatoms. The fourth-order valence-electron chi connectivity index (χ4n) is 5.21. The topological polar surface area (TPSA) is 44.8 Å². The molecule has 0 spiro atoms. The summed E-state index contributed by atoms with van der Waals surface area (Å²) in [4.78, 5) is 27.6. The van der Waals surface area contributed by atoms with Crippen LogP contribution in [0.4, 0.5) is 0 Å². The molecule has 0 unspecified atom stereocenters. The first-order chi connectivity index (χ1) is 21.5. The SMILES string of the molecule is COOCc1cc(-c2ccc(-c3ccc(C)cc3)s2)c(CC(=O)OC)cc1-c1ccc(-c2ccc(-c3ccccc3)cc2)s1. The van der Waals surface area contributed by atoms with Gasteiger partial charge in [-0.25, -0.2) is 9.78 Å². The van der Waals surface area contributed by atoms with Gasteiger partial charge in [0, 0.05) is 19.5 Å². The molecule has 0 saturated heterocycles. The molecule has 0 N–H and O–H groups in total. The van der Waals surface area contributed by atoms with Crippen LogP contribution in [0.25, 0.3) is 52.9 Å². The Labute approximate surface area is 266 Å². The van der Waals surface area contributed by atoms with Crippen LogP contribution in [0.3, 0.4) is 0 Å². The number of esters is 1.